The summed E-state index contributed by atoms with van der Waals surface area (Å²) in [6.07, 6.45) is 0. The Morgan fingerprint density at radius 1 is 0.444 bits per heavy atom. The van der Waals surface area contributed by atoms with Gasteiger partial charge in [0.1, 0.15) is 0 Å². The van der Waals surface area contributed by atoms with Gasteiger partial charge in [-0.3, -0.25) is 14.7 Å². The Kier molecular flexibility index (Phi) is 5.20. The molecule has 0 spiro atoms. The van der Waals surface area contributed by atoms with Crippen LogP contribution in [0.3, 0.4) is 0 Å². The molecule has 0 aromatic carbocycles. The highest BCUT2D eigenvalue weighted by atomic mass is 15.1. The normalized spacial score (nSPS) is 18.3. The summed E-state index contributed by atoms with van der Waals surface area (Å²) in [6, 6.07) is 13.2. The van der Waals surface area contributed by atoms with Crippen molar-refractivity contribution >= 4 is 0 Å². The van der Waals surface area contributed by atoms with E-state index < -0.39 is 0 Å². The number of aromatic nitrogens is 3. The summed E-state index contributed by atoms with van der Waals surface area (Å²) in [6.45, 7) is 5.49. The van der Waals surface area contributed by atoms with Crippen molar-refractivity contribution in [1.82, 2.24) is 29.7 Å². The number of hydrogen-bond donors (Lipinski definition) is 3. The SMILES string of the molecule is CN1Cc2ccc([nH]2)CN(C)Cc2ccc([nH]2)CN(C)Cc2ccc([nH]2)C1. The second-order valence-electron chi connectivity index (χ2n) is 8.04. The second kappa shape index (κ2) is 7.76. The molecule has 0 aliphatic carbocycles. The maximum Gasteiger partial charge on any atom is 0.0386 e. The third-order valence-corrected chi connectivity index (χ3v) is 5.06. The van der Waals surface area contributed by atoms with E-state index in [2.05, 4.69) is 87.2 Å². The lowest BCUT2D eigenvalue weighted by atomic mass is 10.3. The summed E-state index contributed by atoms with van der Waals surface area (Å²) in [5.41, 5.74) is 7.56. The summed E-state index contributed by atoms with van der Waals surface area (Å²) in [4.78, 5) is 17.7. The molecule has 0 radical (unpaired) electrons. The number of H-pyrrole nitrogens is 3. The topological polar surface area (TPSA) is 57.1 Å². The molecule has 0 saturated carbocycles. The van der Waals surface area contributed by atoms with E-state index in [1.54, 1.807) is 0 Å². The number of rotatable bonds is 0. The predicted molar refractivity (Wildman–Crippen MR) is 108 cm³/mol. The maximum atomic E-state index is 3.57. The van der Waals surface area contributed by atoms with Gasteiger partial charge in [-0.15, -0.1) is 0 Å². The van der Waals surface area contributed by atoms with Crippen molar-refractivity contribution in [2.24, 2.45) is 0 Å². The van der Waals surface area contributed by atoms with Crippen LogP contribution in [0, 0.1) is 0 Å². The van der Waals surface area contributed by atoms with Crippen molar-refractivity contribution in [2.75, 3.05) is 21.1 Å². The molecule has 0 unspecified atom stereocenters. The minimum atomic E-state index is 0.915. The molecule has 3 aromatic heterocycles. The molecule has 144 valence electrons. The monoisotopic (exact) mass is 366 g/mol. The highest BCUT2D eigenvalue weighted by Gasteiger charge is 2.11. The average molecular weight is 367 g/mol. The van der Waals surface area contributed by atoms with E-state index in [1.807, 2.05) is 0 Å². The first kappa shape index (κ1) is 18.1. The minimum Gasteiger partial charge on any atom is -0.360 e. The predicted octanol–water partition coefficient (Wildman–Crippen LogP) is 2.88. The lowest BCUT2D eigenvalue weighted by Gasteiger charge is -2.17. The molecule has 27 heavy (non-hydrogen) atoms. The van der Waals surface area contributed by atoms with Crippen LogP contribution in [-0.4, -0.2) is 50.8 Å². The first-order chi connectivity index (χ1) is 13.0. The van der Waals surface area contributed by atoms with E-state index in [-0.39, 0.29) is 0 Å². The van der Waals surface area contributed by atoms with Gasteiger partial charge in [-0.2, -0.15) is 0 Å². The summed E-state index contributed by atoms with van der Waals surface area (Å²) < 4.78 is 0. The molecule has 4 rings (SSSR count). The lowest BCUT2D eigenvalue weighted by molar-refractivity contribution is 0.299. The van der Waals surface area contributed by atoms with Gasteiger partial charge in [0.05, 0.1) is 0 Å². The molecule has 3 N–H and O–H groups in total. The van der Waals surface area contributed by atoms with Gasteiger partial charge in [-0.1, -0.05) is 0 Å². The fraction of sp³-hybridized carbons (Fsp3) is 0.429. The Morgan fingerprint density at radius 3 is 0.815 bits per heavy atom. The van der Waals surface area contributed by atoms with Crippen LogP contribution in [0.1, 0.15) is 34.2 Å². The summed E-state index contributed by atoms with van der Waals surface area (Å²) in [7, 11) is 6.50. The summed E-state index contributed by atoms with van der Waals surface area (Å²) in [5, 5.41) is 0. The quantitative estimate of drug-likeness (QED) is 0.573. The zero-order valence-corrected chi connectivity index (χ0v) is 16.5. The molecule has 0 fully saturated rings. The third-order valence-electron chi connectivity index (χ3n) is 5.06. The number of hydrogen-bond acceptors (Lipinski definition) is 3. The number of aromatic amines is 3. The van der Waals surface area contributed by atoms with Crippen LogP contribution >= 0.6 is 0 Å². The lowest BCUT2D eigenvalue weighted by Crippen LogP contribution is -2.20. The highest BCUT2D eigenvalue weighted by Crippen LogP contribution is 2.14. The molecule has 0 saturated heterocycles. The van der Waals surface area contributed by atoms with Crippen LogP contribution in [0.25, 0.3) is 0 Å². The van der Waals surface area contributed by atoms with Crippen molar-refractivity contribution < 1.29 is 0 Å². The Balaban J connectivity index is 1.56. The molecule has 0 amide bonds. The molecule has 6 bridgehead atoms. The molecule has 1 aliphatic rings. The Morgan fingerprint density at radius 2 is 0.630 bits per heavy atom. The van der Waals surface area contributed by atoms with Crippen molar-refractivity contribution in [3.05, 3.63) is 70.6 Å². The third kappa shape index (κ3) is 4.71. The van der Waals surface area contributed by atoms with Crippen LogP contribution in [0.2, 0.25) is 0 Å². The fourth-order valence-corrected chi connectivity index (χ4v) is 3.94. The van der Waals surface area contributed by atoms with Gasteiger partial charge in [-0.25, -0.2) is 0 Å². The van der Waals surface area contributed by atoms with Gasteiger partial charge in [0.15, 0.2) is 0 Å². The molecule has 0 atom stereocenters. The van der Waals surface area contributed by atoms with Crippen molar-refractivity contribution in [2.45, 2.75) is 39.3 Å². The van der Waals surface area contributed by atoms with E-state index in [9.17, 15) is 0 Å². The number of fused-ring (bicyclic) bond motifs is 6. The van der Waals surface area contributed by atoms with Crippen LogP contribution in [0.15, 0.2) is 36.4 Å². The van der Waals surface area contributed by atoms with Gasteiger partial charge in [0, 0.05) is 73.4 Å². The molecule has 1 aliphatic heterocycles. The number of nitrogens with one attached hydrogen (secondary N) is 3. The first-order valence-electron chi connectivity index (χ1n) is 9.59. The van der Waals surface area contributed by atoms with Crippen molar-refractivity contribution in [3.8, 4) is 0 Å². The largest absolute Gasteiger partial charge is 0.360 e. The summed E-state index contributed by atoms with van der Waals surface area (Å²) in [5.74, 6) is 0. The Labute approximate surface area is 161 Å². The average Bonchev–Trinajstić information content (AvgIpc) is 3.30. The smallest absolute Gasteiger partial charge is 0.0386 e. The fourth-order valence-electron chi connectivity index (χ4n) is 3.94. The maximum absolute atomic E-state index is 3.57. The first-order valence-corrected chi connectivity index (χ1v) is 9.59. The zero-order valence-electron chi connectivity index (χ0n) is 16.5. The van der Waals surface area contributed by atoms with Gasteiger partial charge in [0.25, 0.3) is 0 Å². The molecule has 6 heteroatoms. The van der Waals surface area contributed by atoms with Gasteiger partial charge in [0.2, 0.25) is 0 Å². The summed E-state index contributed by atoms with van der Waals surface area (Å²) >= 11 is 0. The zero-order chi connectivity index (χ0) is 18.8. The second-order valence-corrected chi connectivity index (χ2v) is 8.04. The van der Waals surface area contributed by atoms with Crippen LogP contribution < -0.4 is 0 Å². The Hall–Kier alpha value is -2.28. The van der Waals surface area contributed by atoms with Gasteiger partial charge in [-0.05, 0) is 57.5 Å². The van der Waals surface area contributed by atoms with Crippen LogP contribution in [0.4, 0.5) is 0 Å². The van der Waals surface area contributed by atoms with E-state index in [0.29, 0.717) is 0 Å². The van der Waals surface area contributed by atoms with Gasteiger partial charge >= 0.3 is 0 Å². The minimum absolute atomic E-state index is 0.915. The molecule has 3 aromatic rings. The Bertz CT molecular complexity index is 697. The highest BCUT2D eigenvalue weighted by molar-refractivity contribution is 5.17. The molecular weight excluding hydrogens is 336 g/mol. The van der Waals surface area contributed by atoms with Gasteiger partial charge < -0.3 is 15.0 Å². The van der Waals surface area contributed by atoms with Crippen LogP contribution in [-0.2, 0) is 39.3 Å². The van der Waals surface area contributed by atoms with E-state index >= 15 is 0 Å². The van der Waals surface area contributed by atoms with E-state index in [0.717, 1.165) is 39.3 Å². The molecule has 4 heterocycles. The van der Waals surface area contributed by atoms with E-state index in [1.165, 1.54) is 34.2 Å². The molecule has 6 nitrogen and oxygen atoms in total. The van der Waals surface area contributed by atoms with Crippen molar-refractivity contribution in [1.29, 1.82) is 0 Å². The number of nitrogens with zero attached hydrogens (tertiary/aromatic N) is 3. The standard InChI is InChI=1S/C21H30N6/c1-25-10-16-4-6-18(22-16)12-26(2)14-20-8-9-21(24-20)15-27(3)13-19-7-5-17(11-25)23-19/h4-9,22-24H,10-15H2,1-3H3. The van der Waals surface area contributed by atoms with Crippen molar-refractivity contribution in [3.63, 3.8) is 0 Å². The molecular formula is C21H30N6. The van der Waals surface area contributed by atoms with E-state index in [4.69, 9.17) is 0 Å². The van der Waals surface area contributed by atoms with Crippen LogP contribution in [0.5, 0.6) is 0 Å².